The molecular formula is BCoCrPtZr. The van der Waals surface area contributed by atoms with Crippen molar-refractivity contribution in [2.24, 2.45) is 0 Å². The van der Waals surface area contributed by atoms with Gasteiger partial charge in [-0.25, -0.2) is 0 Å². The van der Waals surface area contributed by atoms with Crippen molar-refractivity contribution in [3.05, 3.63) is 0 Å². The summed E-state index contributed by atoms with van der Waals surface area (Å²) in [6.45, 7) is 0. The summed E-state index contributed by atoms with van der Waals surface area (Å²) in [6, 6.07) is 0. The average Bonchev–Trinajstić information content (AvgIpc) is 0. The Morgan fingerprint density at radius 2 is 1.00 bits per heavy atom. The molecule has 0 atom stereocenters. The number of hydrogen-bond acceptors (Lipinski definition) is 0. The predicted octanol–water partition coefficient (Wildman–Crippen LogP) is -0.391. The van der Waals surface area contributed by atoms with Gasteiger partial charge in [0.1, 0.15) is 0 Å². The molecule has 0 fully saturated rings. The molecule has 0 N–H and O–H groups in total. The molecule has 5 heavy (non-hydrogen) atoms. The van der Waals surface area contributed by atoms with Crippen molar-refractivity contribution in [1.29, 1.82) is 0 Å². The Morgan fingerprint density at radius 1 is 1.00 bits per heavy atom. The van der Waals surface area contributed by atoms with Gasteiger partial charge in [0.05, 0.1) is 0 Å². The van der Waals surface area contributed by atoms with Crippen molar-refractivity contribution in [3.8, 4) is 0 Å². The quantitative estimate of drug-likeness (QED) is 0.480. The van der Waals surface area contributed by atoms with E-state index in [1.807, 2.05) is 0 Å². The molecule has 0 aromatic heterocycles. The van der Waals surface area contributed by atoms with Crippen LogP contribution in [0, 0.1) is 0 Å². The summed E-state index contributed by atoms with van der Waals surface area (Å²) in [4.78, 5) is 0. The molecule has 0 heterocycles. The van der Waals surface area contributed by atoms with Crippen LogP contribution in [0.25, 0.3) is 0 Å². The monoisotopic (exact) mass is 407 g/mol. The first kappa shape index (κ1) is 47.8. The molecule has 0 rings (SSSR count). The van der Waals surface area contributed by atoms with Crippen LogP contribution in [-0.2, 0) is 81.4 Å². The first-order chi connectivity index (χ1) is 0. The Hall–Kier alpha value is 2.68. The molecule has 4 radical (unpaired) electrons. The second-order valence-electron chi connectivity index (χ2n) is 0. The van der Waals surface area contributed by atoms with Gasteiger partial charge in [-0.1, -0.05) is 0 Å². The molecule has 0 aliphatic rings. The topological polar surface area (TPSA) is 0 Å². The van der Waals surface area contributed by atoms with Crippen molar-refractivity contribution in [3.63, 3.8) is 0 Å². The van der Waals surface area contributed by atoms with Gasteiger partial charge in [0.15, 0.2) is 0 Å². The fourth-order valence-corrected chi connectivity index (χ4v) is 0. The smallest absolute Gasteiger partial charge is 0 e. The van der Waals surface area contributed by atoms with Gasteiger partial charge in [0.2, 0.25) is 0 Å². The van der Waals surface area contributed by atoms with E-state index in [1.165, 1.54) is 0 Å². The van der Waals surface area contributed by atoms with E-state index in [9.17, 15) is 0 Å². The first-order valence-corrected chi connectivity index (χ1v) is 0. The molecule has 0 aromatic carbocycles. The molecule has 0 aliphatic carbocycles. The fourth-order valence-electron chi connectivity index (χ4n) is 0. The van der Waals surface area contributed by atoms with Crippen LogP contribution >= 0.6 is 0 Å². The fraction of sp³-hybridized carbons (Fsp3) is 0. The van der Waals surface area contributed by atoms with E-state index >= 15 is 0 Å². The largest absolute Gasteiger partial charge is 0 e. The molecular weight excluding hydrogens is 408 g/mol. The van der Waals surface area contributed by atoms with Crippen LogP contribution in [0.2, 0.25) is 0 Å². The molecule has 0 amide bonds. The molecule has 0 bridgehead atoms. The van der Waals surface area contributed by atoms with E-state index in [0.29, 0.717) is 0 Å². The molecule has 5 heteroatoms. The predicted molar refractivity (Wildman–Crippen MR) is 5.75 cm³/mol. The van der Waals surface area contributed by atoms with Crippen LogP contribution in [0.1, 0.15) is 0 Å². The molecule has 0 nitrogen and oxygen atoms in total. The Labute approximate surface area is 88.5 Å². The van der Waals surface area contributed by atoms with Crippen LogP contribution in [-0.4, -0.2) is 8.41 Å². The van der Waals surface area contributed by atoms with Crippen molar-refractivity contribution < 1.29 is 81.4 Å². The minimum Gasteiger partial charge on any atom is 0 e. The van der Waals surface area contributed by atoms with Crippen molar-refractivity contribution in [2.75, 3.05) is 0 Å². The summed E-state index contributed by atoms with van der Waals surface area (Å²) in [5, 5.41) is 0. The maximum atomic E-state index is 0. The average molecular weight is 408 g/mol. The zero-order chi connectivity index (χ0) is 0. The maximum absolute atomic E-state index is 0. The van der Waals surface area contributed by atoms with E-state index in [1.54, 1.807) is 0 Å². The van der Waals surface area contributed by atoms with Gasteiger partial charge in [-0.15, -0.1) is 0 Å². The van der Waals surface area contributed by atoms with Gasteiger partial charge in [-0.05, 0) is 0 Å². The number of rotatable bonds is 0. The number of hydrogen-bond donors (Lipinski definition) is 0. The third-order valence-corrected chi connectivity index (χ3v) is 0. The summed E-state index contributed by atoms with van der Waals surface area (Å²) >= 11 is 0. The molecule has 0 unspecified atom stereocenters. The van der Waals surface area contributed by atoms with E-state index in [-0.39, 0.29) is 89.8 Å². The van der Waals surface area contributed by atoms with Crippen LogP contribution in [0.5, 0.6) is 0 Å². The summed E-state index contributed by atoms with van der Waals surface area (Å²) in [7, 11) is 0. The van der Waals surface area contributed by atoms with Gasteiger partial charge in [-0.3, -0.25) is 0 Å². The van der Waals surface area contributed by atoms with Crippen LogP contribution in [0.3, 0.4) is 0 Å². The third-order valence-electron chi connectivity index (χ3n) is 0. The van der Waals surface area contributed by atoms with Gasteiger partial charge in [0.25, 0.3) is 0 Å². The second-order valence-corrected chi connectivity index (χ2v) is 0. The normalized spacial score (nSPS) is 0. The maximum Gasteiger partial charge on any atom is 0 e. The molecule has 0 spiro atoms. The Balaban J connectivity index is 0. The summed E-state index contributed by atoms with van der Waals surface area (Å²) in [5.74, 6) is 0. The molecule has 32 valence electrons. The van der Waals surface area contributed by atoms with Crippen molar-refractivity contribution >= 4 is 8.41 Å². The summed E-state index contributed by atoms with van der Waals surface area (Å²) in [5.41, 5.74) is 0. The van der Waals surface area contributed by atoms with Gasteiger partial charge < -0.3 is 0 Å². The molecule has 0 saturated carbocycles. The standard InChI is InChI=1S/B.Co.Cr.Pt.Zr. The van der Waals surface area contributed by atoms with Crippen LogP contribution in [0.15, 0.2) is 0 Å². The van der Waals surface area contributed by atoms with Crippen LogP contribution in [0.4, 0.5) is 0 Å². The zero-order valence-corrected chi connectivity index (χ0v) is 9.18. The van der Waals surface area contributed by atoms with E-state index < -0.39 is 0 Å². The Bertz CT molecular complexity index is 11.6. The third kappa shape index (κ3) is 20.4. The van der Waals surface area contributed by atoms with Gasteiger partial charge in [0, 0.05) is 89.8 Å². The van der Waals surface area contributed by atoms with Gasteiger partial charge >= 0.3 is 0 Å². The first-order valence-electron chi connectivity index (χ1n) is 0. The zero-order valence-electron chi connectivity index (χ0n) is 2.14. The summed E-state index contributed by atoms with van der Waals surface area (Å²) in [6.07, 6.45) is 0. The Kier molecular flexibility index (Phi) is 287. The van der Waals surface area contributed by atoms with E-state index in [0.717, 1.165) is 0 Å². The molecule has 0 saturated heterocycles. The summed E-state index contributed by atoms with van der Waals surface area (Å²) < 4.78 is 0. The SMILES string of the molecule is [B].[Co].[Cr].[Pt].[Zr]. The second kappa shape index (κ2) is 30.0. The van der Waals surface area contributed by atoms with Gasteiger partial charge in [-0.2, -0.15) is 0 Å². The molecule has 0 aromatic rings. The minimum atomic E-state index is 0. The van der Waals surface area contributed by atoms with E-state index in [2.05, 4.69) is 0 Å². The van der Waals surface area contributed by atoms with Crippen molar-refractivity contribution in [1.82, 2.24) is 0 Å². The van der Waals surface area contributed by atoms with Crippen LogP contribution < -0.4 is 0 Å². The Morgan fingerprint density at radius 3 is 1.00 bits per heavy atom. The van der Waals surface area contributed by atoms with Crippen molar-refractivity contribution in [2.45, 2.75) is 0 Å². The molecule has 0 aliphatic heterocycles. The van der Waals surface area contributed by atoms with E-state index in [4.69, 9.17) is 0 Å². The minimum absolute atomic E-state index is 0.